The summed E-state index contributed by atoms with van der Waals surface area (Å²) in [5, 5.41) is 5.51. The number of anilines is 1. The Hall–Kier alpha value is -2.65. The van der Waals surface area contributed by atoms with E-state index in [0.29, 0.717) is 38.1 Å². The van der Waals surface area contributed by atoms with Crippen molar-refractivity contribution in [2.45, 2.75) is 52.6 Å². The fourth-order valence-electron chi connectivity index (χ4n) is 3.61. The fourth-order valence-corrected chi connectivity index (χ4v) is 3.61. The van der Waals surface area contributed by atoms with E-state index >= 15 is 0 Å². The number of nitrogens with zero attached hydrogens (tertiary/aromatic N) is 3. The first kappa shape index (κ1) is 27.4. The van der Waals surface area contributed by atoms with E-state index in [4.69, 9.17) is 0 Å². The number of halogens is 1. The third-order valence-electron chi connectivity index (χ3n) is 5.54. The van der Waals surface area contributed by atoms with E-state index in [1.54, 1.807) is 0 Å². The smallest absolute Gasteiger partial charge is 0.168 e. The Labute approximate surface area is 193 Å². The van der Waals surface area contributed by atoms with E-state index < -0.39 is 5.67 Å². The van der Waals surface area contributed by atoms with Gasteiger partial charge in [-0.25, -0.2) is 9.37 Å². The van der Waals surface area contributed by atoms with Crippen LogP contribution in [0.2, 0.25) is 0 Å². The lowest BCUT2D eigenvalue weighted by atomic mass is 9.94. The quantitative estimate of drug-likeness (QED) is 0.519. The Morgan fingerprint density at radius 1 is 1.28 bits per heavy atom. The largest absolute Gasteiger partial charge is 0.373 e. The Morgan fingerprint density at radius 3 is 2.41 bits per heavy atom. The fraction of sp³-hybridized carbons (Fsp3) is 0.538. The number of carbonyl (C=O) groups excluding carboxylic acids is 1. The monoisotopic (exact) mass is 442 g/mol. The lowest BCUT2D eigenvalue weighted by molar-refractivity contribution is -0.120. The Kier molecular flexibility index (Phi) is 11.7. The second-order valence-corrected chi connectivity index (χ2v) is 8.40. The van der Waals surface area contributed by atoms with Crippen molar-refractivity contribution in [2.75, 3.05) is 38.5 Å². The average molecular weight is 443 g/mol. The first-order valence-electron chi connectivity index (χ1n) is 11.3. The SMILES string of the molecule is C#C.C/C=c1/cnc(NC)c/c1=C/CC1=CN1CC.CC(C)CN1CCC(F)(C=O)CC1. The van der Waals surface area contributed by atoms with Crippen molar-refractivity contribution < 1.29 is 9.18 Å². The van der Waals surface area contributed by atoms with Crippen LogP contribution in [0.1, 0.15) is 47.0 Å². The summed E-state index contributed by atoms with van der Waals surface area (Å²) in [4.78, 5) is 19.2. The Bertz CT molecular complexity index is 883. The molecule has 6 heteroatoms. The van der Waals surface area contributed by atoms with Gasteiger partial charge in [-0.05, 0) is 36.3 Å². The third-order valence-corrected chi connectivity index (χ3v) is 5.54. The summed E-state index contributed by atoms with van der Waals surface area (Å²) < 4.78 is 13.4. The van der Waals surface area contributed by atoms with Crippen molar-refractivity contribution in [1.29, 1.82) is 0 Å². The Morgan fingerprint density at radius 2 is 1.94 bits per heavy atom. The number of allylic oxidation sites excluding steroid dienone is 1. The number of piperidine rings is 1. The summed E-state index contributed by atoms with van der Waals surface area (Å²) >= 11 is 0. The summed E-state index contributed by atoms with van der Waals surface area (Å²) in [5.41, 5.74) is -0.120. The maximum atomic E-state index is 13.4. The van der Waals surface area contributed by atoms with Gasteiger partial charge in [-0.15, -0.1) is 12.8 Å². The number of hydrogen-bond donors (Lipinski definition) is 1. The standard InChI is InChI=1S/C14H19N3.C10H18FNO.C2H2/c1-4-11-9-16-14(15-3)8-12(11)6-7-13-10-17(13)5-2;1-9(2)7-12-5-3-10(11,8-13)4-6-12;1-2/h4,6,8-10,15H,5,7H2,1-3H3;8-9H,3-7H2,1-2H3;1-2H/b11-4-,12-6-;;. The van der Waals surface area contributed by atoms with Crippen LogP contribution >= 0.6 is 0 Å². The molecule has 3 rings (SSSR count). The molecule has 1 saturated heterocycles. The van der Waals surface area contributed by atoms with Gasteiger partial charge in [0.1, 0.15) is 5.82 Å². The summed E-state index contributed by atoms with van der Waals surface area (Å²) in [5.74, 6) is 1.53. The van der Waals surface area contributed by atoms with Crippen molar-refractivity contribution in [1.82, 2.24) is 14.8 Å². The molecular weight excluding hydrogens is 403 g/mol. The zero-order valence-electron chi connectivity index (χ0n) is 20.3. The normalized spacial score (nSPS) is 18.2. The molecule has 0 amide bonds. The van der Waals surface area contributed by atoms with E-state index in [-0.39, 0.29) is 0 Å². The van der Waals surface area contributed by atoms with Crippen molar-refractivity contribution in [3.8, 4) is 12.8 Å². The van der Waals surface area contributed by atoms with E-state index in [0.717, 1.165) is 25.3 Å². The van der Waals surface area contributed by atoms with Gasteiger partial charge < -0.3 is 15.1 Å². The van der Waals surface area contributed by atoms with E-state index in [1.807, 2.05) is 20.2 Å². The van der Waals surface area contributed by atoms with Crippen LogP contribution in [0.25, 0.3) is 12.2 Å². The van der Waals surface area contributed by atoms with Crippen molar-refractivity contribution >= 4 is 24.3 Å². The number of likely N-dealkylation sites (tertiary alicyclic amines) is 1. The predicted octanol–water partition coefficient (Wildman–Crippen LogP) is 3.17. The number of pyridine rings is 1. The molecule has 0 aliphatic carbocycles. The van der Waals surface area contributed by atoms with Crippen molar-refractivity contribution in [2.24, 2.45) is 5.92 Å². The molecule has 2 aliphatic rings. The van der Waals surface area contributed by atoms with Gasteiger partial charge in [-0.3, -0.25) is 4.79 Å². The molecular formula is C26H39FN4O. The molecule has 1 N–H and O–H groups in total. The number of rotatable bonds is 7. The third kappa shape index (κ3) is 8.84. The molecule has 2 aliphatic heterocycles. The molecule has 1 fully saturated rings. The van der Waals surface area contributed by atoms with Crippen LogP contribution in [-0.4, -0.2) is 60.0 Å². The molecule has 0 spiro atoms. The molecule has 3 heterocycles. The number of aromatic nitrogens is 1. The molecule has 0 atom stereocenters. The van der Waals surface area contributed by atoms with Gasteiger partial charge in [0.05, 0.1) is 0 Å². The topological polar surface area (TPSA) is 48.2 Å². The molecule has 0 unspecified atom stereocenters. The summed E-state index contributed by atoms with van der Waals surface area (Å²) in [7, 11) is 1.89. The van der Waals surface area contributed by atoms with Crippen LogP contribution in [-0.2, 0) is 4.79 Å². The minimum Gasteiger partial charge on any atom is -0.373 e. The van der Waals surface area contributed by atoms with E-state index in [1.165, 1.54) is 16.1 Å². The number of aldehydes is 1. The first-order valence-corrected chi connectivity index (χ1v) is 11.3. The van der Waals surface area contributed by atoms with Crippen LogP contribution < -0.4 is 15.8 Å². The highest BCUT2D eigenvalue weighted by Crippen LogP contribution is 2.24. The lowest BCUT2D eigenvalue weighted by Crippen LogP contribution is -2.43. The molecule has 32 heavy (non-hydrogen) atoms. The molecule has 5 nitrogen and oxygen atoms in total. The zero-order chi connectivity index (χ0) is 24.1. The average Bonchev–Trinajstić information content (AvgIpc) is 3.59. The van der Waals surface area contributed by atoms with Crippen molar-refractivity contribution in [3.63, 3.8) is 0 Å². The molecule has 176 valence electrons. The van der Waals surface area contributed by atoms with Crippen LogP contribution in [0.5, 0.6) is 0 Å². The summed E-state index contributed by atoms with van der Waals surface area (Å²) in [6.07, 6.45) is 18.7. The molecule has 0 saturated carbocycles. The number of hydrogen-bond acceptors (Lipinski definition) is 5. The minimum absolute atomic E-state index is 0.364. The van der Waals surface area contributed by atoms with E-state index in [2.05, 4.69) is 78.1 Å². The summed E-state index contributed by atoms with van der Waals surface area (Å²) in [6, 6.07) is 2.09. The highest BCUT2D eigenvalue weighted by Gasteiger charge is 2.33. The van der Waals surface area contributed by atoms with Gasteiger partial charge in [0.15, 0.2) is 12.0 Å². The van der Waals surface area contributed by atoms with Crippen LogP contribution in [0.4, 0.5) is 10.2 Å². The van der Waals surface area contributed by atoms with Gasteiger partial charge in [-0.1, -0.05) is 26.0 Å². The maximum absolute atomic E-state index is 13.4. The van der Waals surface area contributed by atoms with Gasteiger partial charge >= 0.3 is 0 Å². The second-order valence-electron chi connectivity index (χ2n) is 8.40. The molecule has 0 bridgehead atoms. The minimum atomic E-state index is -1.53. The molecule has 0 aromatic carbocycles. The van der Waals surface area contributed by atoms with Crippen LogP contribution in [0.15, 0.2) is 24.2 Å². The van der Waals surface area contributed by atoms with Gasteiger partial charge in [-0.2, -0.15) is 0 Å². The van der Waals surface area contributed by atoms with Gasteiger partial charge in [0.2, 0.25) is 0 Å². The maximum Gasteiger partial charge on any atom is 0.168 e. The van der Waals surface area contributed by atoms with Gasteiger partial charge in [0.25, 0.3) is 0 Å². The molecule has 1 aromatic rings. The molecule has 1 aromatic heterocycles. The molecule has 0 radical (unpaired) electrons. The number of alkyl halides is 1. The second kappa shape index (κ2) is 13.7. The first-order chi connectivity index (χ1) is 15.3. The highest BCUT2D eigenvalue weighted by atomic mass is 19.1. The van der Waals surface area contributed by atoms with Crippen molar-refractivity contribution in [3.05, 3.63) is 34.6 Å². The van der Waals surface area contributed by atoms with Crippen LogP contribution in [0.3, 0.4) is 0 Å². The van der Waals surface area contributed by atoms with E-state index in [9.17, 15) is 9.18 Å². The predicted molar refractivity (Wildman–Crippen MR) is 133 cm³/mol. The number of nitrogens with one attached hydrogen (secondary N) is 1. The highest BCUT2D eigenvalue weighted by molar-refractivity contribution is 5.62. The van der Waals surface area contributed by atoms with Gasteiger partial charge in [0, 0.05) is 70.6 Å². The number of terminal acetylenes is 1. The zero-order valence-corrected chi connectivity index (χ0v) is 20.3. The number of carbonyl (C=O) groups is 1. The Balaban J connectivity index is 0.000000307. The van der Waals surface area contributed by atoms with Crippen LogP contribution in [0, 0.1) is 18.8 Å². The lowest BCUT2D eigenvalue weighted by Gasteiger charge is -2.34. The summed E-state index contributed by atoms with van der Waals surface area (Å²) in [6.45, 7) is 12.0.